The number of para-hydroxylation sites is 1. The van der Waals surface area contributed by atoms with Crippen molar-refractivity contribution in [3.8, 4) is 5.75 Å². The standard InChI is InChI=1S/C27H35N3O3/c1-28-15-16-30-24-12-14-29(19-23(24)22-5-3-6-25(28)27(22)30)13-4-7-26(31)20-8-10-21(11-9-20)33-18-17-32-2/h3,5-6,8-11,23-24H,4,7,12-19H2,1-2H3/t23-,24-/m0/s1. The summed E-state index contributed by atoms with van der Waals surface area (Å²) in [5, 5.41) is 0. The summed E-state index contributed by atoms with van der Waals surface area (Å²) in [5.41, 5.74) is 5.16. The van der Waals surface area contributed by atoms with Crippen molar-refractivity contribution in [1.82, 2.24) is 4.90 Å². The summed E-state index contributed by atoms with van der Waals surface area (Å²) in [6.45, 7) is 6.52. The van der Waals surface area contributed by atoms with E-state index in [-0.39, 0.29) is 5.78 Å². The predicted molar refractivity (Wildman–Crippen MR) is 132 cm³/mol. The molecule has 5 rings (SSSR count). The molecule has 0 bridgehead atoms. The van der Waals surface area contributed by atoms with Gasteiger partial charge in [-0.1, -0.05) is 12.1 Å². The zero-order chi connectivity index (χ0) is 22.8. The fourth-order valence-corrected chi connectivity index (χ4v) is 5.77. The van der Waals surface area contributed by atoms with E-state index in [0.717, 1.165) is 50.5 Å². The Balaban J connectivity index is 1.14. The number of methoxy groups -OCH3 is 1. The van der Waals surface area contributed by atoms with Gasteiger partial charge in [0.15, 0.2) is 5.78 Å². The van der Waals surface area contributed by atoms with Gasteiger partial charge in [-0.2, -0.15) is 0 Å². The second-order valence-corrected chi connectivity index (χ2v) is 9.49. The zero-order valence-electron chi connectivity index (χ0n) is 19.8. The number of rotatable bonds is 9. The number of anilines is 2. The largest absolute Gasteiger partial charge is 0.491 e. The van der Waals surface area contributed by atoms with Crippen LogP contribution in [0, 0.1) is 0 Å². The van der Waals surface area contributed by atoms with Gasteiger partial charge in [-0.3, -0.25) is 4.79 Å². The smallest absolute Gasteiger partial charge is 0.162 e. The number of fused-ring (bicyclic) bond motifs is 3. The molecule has 2 aromatic carbocycles. The molecule has 3 aliphatic rings. The first-order valence-electron chi connectivity index (χ1n) is 12.2. The fourth-order valence-electron chi connectivity index (χ4n) is 5.77. The van der Waals surface area contributed by atoms with Gasteiger partial charge in [-0.05, 0) is 55.3 Å². The molecule has 0 N–H and O–H groups in total. The number of carbonyl (C=O) groups is 1. The number of piperidine rings is 1. The Morgan fingerprint density at radius 1 is 1.06 bits per heavy atom. The molecule has 0 saturated carbocycles. The van der Waals surface area contributed by atoms with E-state index in [9.17, 15) is 4.79 Å². The molecule has 1 fully saturated rings. The van der Waals surface area contributed by atoms with E-state index < -0.39 is 0 Å². The molecule has 176 valence electrons. The molecule has 3 aliphatic heterocycles. The molecule has 0 amide bonds. The van der Waals surface area contributed by atoms with Crippen LogP contribution in [0.3, 0.4) is 0 Å². The van der Waals surface area contributed by atoms with Crippen molar-refractivity contribution < 1.29 is 14.3 Å². The van der Waals surface area contributed by atoms with Gasteiger partial charge in [0.1, 0.15) is 12.4 Å². The van der Waals surface area contributed by atoms with E-state index in [2.05, 4.69) is 39.9 Å². The van der Waals surface area contributed by atoms with Crippen LogP contribution in [-0.2, 0) is 4.74 Å². The zero-order valence-corrected chi connectivity index (χ0v) is 19.8. The number of hydrogen-bond acceptors (Lipinski definition) is 6. The van der Waals surface area contributed by atoms with Gasteiger partial charge in [0.2, 0.25) is 0 Å². The monoisotopic (exact) mass is 449 g/mol. The lowest BCUT2D eigenvalue weighted by atomic mass is 9.89. The molecule has 0 aromatic heterocycles. The molecule has 0 aliphatic carbocycles. The molecule has 0 unspecified atom stereocenters. The molecule has 33 heavy (non-hydrogen) atoms. The second kappa shape index (κ2) is 9.74. The van der Waals surface area contributed by atoms with Crippen molar-refractivity contribution in [2.45, 2.75) is 31.2 Å². The summed E-state index contributed by atoms with van der Waals surface area (Å²) in [4.78, 5) is 20.3. The van der Waals surface area contributed by atoms with Crippen molar-refractivity contribution in [2.75, 3.05) is 69.9 Å². The SMILES string of the molecule is COCCOc1ccc(C(=O)CCCN2CC[C@H]3[C@@H](C2)c2cccc4c2N3CCN4C)cc1. The normalized spacial score (nSPS) is 21.6. The van der Waals surface area contributed by atoms with Crippen LogP contribution in [0.2, 0.25) is 0 Å². The molecule has 0 radical (unpaired) electrons. The van der Waals surface area contributed by atoms with Crippen molar-refractivity contribution in [1.29, 1.82) is 0 Å². The number of Topliss-reactive ketones (excluding diaryl/α,β-unsaturated/α-hetero) is 1. The van der Waals surface area contributed by atoms with E-state index in [1.54, 1.807) is 7.11 Å². The number of benzene rings is 2. The van der Waals surface area contributed by atoms with Crippen molar-refractivity contribution in [3.05, 3.63) is 53.6 Å². The number of carbonyl (C=O) groups excluding carboxylic acids is 1. The topological polar surface area (TPSA) is 45.3 Å². The van der Waals surface area contributed by atoms with Crippen LogP contribution in [0.4, 0.5) is 11.4 Å². The molecule has 6 nitrogen and oxygen atoms in total. The maximum Gasteiger partial charge on any atom is 0.162 e. The Labute approximate surface area is 197 Å². The first-order valence-corrected chi connectivity index (χ1v) is 12.2. The first kappa shape index (κ1) is 22.2. The molecule has 2 atom stereocenters. The van der Waals surface area contributed by atoms with Gasteiger partial charge in [-0.25, -0.2) is 0 Å². The molecule has 2 aromatic rings. The molecule has 3 heterocycles. The van der Waals surface area contributed by atoms with E-state index in [4.69, 9.17) is 9.47 Å². The predicted octanol–water partition coefficient (Wildman–Crippen LogP) is 3.80. The summed E-state index contributed by atoms with van der Waals surface area (Å²) in [5.74, 6) is 1.57. The lowest BCUT2D eigenvalue weighted by molar-refractivity contribution is 0.0971. The van der Waals surface area contributed by atoms with E-state index in [0.29, 0.717) is 31.6 Å². The summed E-state index contributed by atoms with van der Waals surface area (Å²) < 4.78 is 10.6. The average Bonchev–Trinajstić information content (AvgIpc) is 3.16. The van der Waals surface area contributed by atoms with E-state index in [1.807, 2.05) is 24.3 Å². The number of ketones is 1. The fraction of sp³-hybridized carbons (Fsp3) is 0.519. The Bertz CT molecular complexity index is 977. The minimum atomic E-state index is 0.212. The Morgan fingerprint density at radius 2 is 1.91 bits per heavy atom. The van der Waals surface area contributed by atoms with Crippen LogP contribution in [0.1, 0.15) is 41.1 Å². The van der Waals surface area contributed by atoms with Gasteiger partial charge in [0.25, 0.3) is 0 Å². The summed E-state index contributed by atoms with van der Waals surface area (Å²) in [6, 6.07) is 14.9. The van der Waals surface area contributed by atoms with Crippen LogP contribution in [0.15, 0.2) is 42.5 Å². The lowest BCUT2D eigenvalue weighted by Crippen LogP contribution is -2.49. The number of ether oxygens (including phenoxy) is 2. The number of hydrogen-bond donors (Lipinski definition) is 0. The highest BCUT2D eigenvalue weighted by Crippen LogP contribution is 2.50. The molecule has 6 heteroatoms. The van der Waals surface area contributed by atoms with Gasteiger partial charge in [-0.15, -0.1) is 0 Å². The molecule has 1 saturated heterocycles. The molecular formula is C27H35N3O3. The second-order valence-electron chi connectivity index (χ2n) is 9.49. The Kier molecular flexibility index (Phi) is 6.56. The van der Waals surface area contributed by atoms with Crippen molar-refractivity contribution in [2.24, 2.45) is 0 Å². The van der Waals surface area contributed by atoms with Gasteiger partial charge >= 0.3 is 0 Å². The molecular weight excluding hydrogens is 414 g/mol. The third-order valence-corrected chi connectivity index (χ3v) is 7.49. The van der Waals surface area contributed by atoms with Crippen molar-refractivity contribution >= 4 is 17.2 Å². The maximum absolute atomic E-state index is 12.7. The van der Waals surface area contributed by atoms with Crippen LogP contribution in [0.5, 0.6) is 5.75 Å². The van der Waals surface area contributed by atoms with Crippen LogP contribution in [-0.4, -0.2) is 76.8 Å². The Morgan fingerprint density at radius 3 is 2.73 bits per heavy atom. The highest BCUT2D eigenvalue weighted by atomic mass is 16.5. The van der Waals surface area contributed by atoms with E-state index >= 15 is 0 Å². The third-order valence-electron chi connectivity index (χ3n) is 7.49. The third kappa shape index (κ3) is 4.46. The average molecular weight is 450 g/mol. The first-order chi connectivity index (χ1) is 16.2. The number of likely N-dealkylation sites (tertiary alicyclic amines) is 1. The number of likely N-dealkylation sites (N-methyl/N-ethyl adjacent to an activating group) is 1. The quantitative estimate of drug-likeness (QED) is 0.429. The lowest BCUT2D eigenvalue weighted by Gasteiger charge is -2.41. The summed E-state index contributed by atoms with van der Waals surface area (Å²) >= 11 is 0. The van der Waals surface area contributed by atoms with Crippen molar-refractivity contribution in [3.63, 3.8) is 0 Å². The Hall–Kier alpha value is -2.57. The van der Waals surface area contributed by atoms with Gasteiger partial charge in [0.05, 0.1) is 18.0 Å². The van der Waals surface area contributed by atoms with Crippen LogP contribution >= 0.6 is 0 Å². The minimum absolute atomic E-state index is 0.212. The minimum Gasteiger partial charge on any atom is -0.491 e. The van der Waals surface area contributed by atoms with Crippen LogP contribution < -0.4 is 14.5 Å². The summed E-state index contributed by atoms with van der Waals surface area (Å²) in [6.07, 6.45) is 2.70. The van der Waals surface area contributed by atoms with Gasteiger partial charge in [0, 0.05) is 64.3 Å². The van der Waals surface area contributed by atoms with Crippen LogP contribution in [0.25, 0.3) is 0 Å². The summed E-state index contributed by atoms with van der Waals surface area (Å²) in [7, 11) is 3.86. The highest BCUT2D eigenvalue weighted by Gasteiger charge is 2.44. The van der Waals surface area contributed by atoms with E-state index in [1.165, 1.54) is 23.4 Å². The van der Waals surface area contributed by atoms with Gasteiger partial charge < -0.3 is 24.2 Å². The highest BCUT2D eigenvalue weighted by molar-refractivity contribution is 5.96. The number of nitrogens with zero attached hydrogens (tertiary/aromatic N) is 3. The molecule has 0 spiro atoms. The maximum atomic E-state index is 12.7.